The number of hydrogen-bond donors (Lipinski definition) is 1. The van der Waals surface area contributed by atoms with Crippen LogP contribution < -0.4 is 0 Å². The topological polar surface area (TPSA) is 40.5 Å². The second-order valence-electron chi connectivity index (χ2n) is 4.40. The number of likely N-dealkylation sites (tertiary alicyclic amines) is 1. The number of halogens is 1. The molecule has 1 saturated heterocycles. The van der Waals surface area contributed by atoms with Crippen molar-refractivity contribution in [1.82, 2.24) is 4.90 Å². The molecule has 0 radical (unpaired) electrons. The van der Waals surface area contributed by atoms with Gasteiger partial charge in [-0.05, 0) is 36.6 Å². The lowest BCUT2D eigenvalue weighted by Crippen LogP contribution is -2.36. The first-order valence-corrected chi connectivity index (χ1v) is 6.43. The molecule has 1 atom stereocenters. The zero-order valence-electron chi connectivity index (χ0n) is 10.1. The molecule has 0 saturated carbocycles. The van der Waals surface area contributed by atoms with Crippen LogP contribution in [0.15, 0.2) is 30.3 Å². The fourth-order valence-electron chi connectivity index (χ4n) is 2.19. The summed E-state index contributed by atoms with van der Waals surface area (Å²) in [6, 6.07) is 7.31. The number of rotatable bonds is 3. The predicted molar refractivity (Wildman–Crippen MR) is 72.3 cm³/mol. The molecule has 1 aromatic carbocycles. The summed E-state index contributed by atoms with van der Waals surface area (Å²) in [6.45, 7) is 0.765. The highest BCUT2D eigenvalue weighted by Crippen LogP contribution is 2.18. The molecule has 18 heavy (non-hydrogen) atoms. The van der Waals surface area contributed by atoms with Crippen molar-refractivity contribution in [3.8, 4) is 0 Å². The molecule has 1 aliphatic heterocycles. The number of hydrogen-bond acceptors (Lipinski definition) is 2. The summed E-state index contributed by atoms with van der Waals surface area (Å²) in [6.07, 6.45) is 5.13. The van der Waals surface area contributed by atoms with E-state index < -0.39 is 0 Å². The van der Waals surface area contributed by atoms with Gasteiger partial charge in [0.05, 0.1) is 12.6 Å². The molecule has 1 heterocycles. The number of nitrogens with zero attached hydrogens (tertiary/aromatic N) is 1. The number of amides is 1. The van der Waals surface area contributed by atoms with Gasteiger partial charge in [0.15, 0.2) is 0 Å². The van der Waals surface area contributed by atoms with E-state index in [1.807, 2.05) is 12.1 Å². The third-order valence-electron chi connectivity index (χ3n) is 3.14. The minimum absolute atomic E-state index is 0.0264. The molecule has 1 N–H and O–H groups in total. The molecular formula is C14H16ClNO2. The molecule has 0 bridgehead atoms. The standard InChI is InChI=1S/C14H16ClNO2/c15-12-4-1-3-11(9-12)6-7-14(18)16-8-2-5-13(16)10-17/h1,3-4,6-7,9,13,17H,2,5,8,10H2/t13-/m0/s1. The fraction of sp³-hybridized carbons (Fsp3) is 0.357. The van der Waals surface area contributed by atoms with E-state index in [1.165, 1.54) is 0 Å². The highest BCUT2D eigenvalue weighted by atomic mass is 35.5. The monoisotopic (exact) mass is 265 g/mol. The Kier molecular flexibility index (Phi) is 4.39. The molecular weight excluding hydrogens is 250 g/mol. The summed E-state index contributed by atoms with van der Waals surface area (Å²) in [5.41, 5.74) is 0.899. The van der Waals surface area contributed by atoms with Crippen LogP contribution >= 0.6 is 11.6 Å². The Bertz CT molecular complexity index is 459. The molecule has 4 heteroatoms. The molecule has 3 nitrogen and oxygen atoms in total. The smallest absolute Gasteiger partial charge is 0.246 e. The number of carbonyl (C=O) groups excluding carboxylic acids is 1. The molecule has 0 aromatic heterocycles. The molecule has 0 unspecified atom stereocenters. The Morgan fingerprint density at radius 1 is 1.56 bits per heavy atom. The van der Waals surface area contributed by atoms with Crippen molar-refractivity contribution < 1.29 is 9.90 Å². The quantitative estimate of drug-likeness (QED) is 0.853. The van der Waals surface area contributed by atoms with E-state index in [2.05, 4.69) is 0 Å². The van der Waals surface area contributed by atoms with E-state index in [1.54, 1.807) is 29.2 Å². The van der Waals surface area contributed by atoms with Crippen LogP contribution in [0.5, 0.6) is 0 Å². The zero-order valence-corrected chi connectivity index (χ0v) is 10.8. The van der Waals surface area contributed by atoms with Crippen LogP contribution in [0.2, 0.25) is 5.02 Å². The fourth-order valence-corrected chi connectivity index (χ4v) is 2.39. The molecule has 1 aromatic rings. The van der Waals surface area contributed by atoms with Gasteiger partial charge in [0.1, 0.15) is 0 Å². The number of aliphatic hydroxyl groups is 1. The van der Waals surface area contributed by atoms with Crippen molar-refractivity contribution in [1.29, 1.82) is 0 Å². The van der Waals surface area contributed by atoms with Gasteiger partial charge in [-0.2, -0.15) is 0 Å². The SMILES string of the molecule is O=C(C=Cc1cccc(Cl)c1)N1CCC[C@H]1CO. The lowest BCUT2D eigenvalue weighted by Gasteiger charge is -2.21. The summed E-state index contributed by atoms with van der Waals surface area (Å²) < 4.78 is 0. The first kappa shape index (κ1) is 13.1. The van der Waals surface area contributed by atoms with Crippen molar-refractivity contribution >= 4 is 23.6 Å². The van der Waals surface area contributed by atoms with Crippen LogP contribution in [0, 0.1) is 0 Å². The Labute approximate surface area is 112 Å². The van der Waals surface area contributed by atoms with Crippen LogP contribution in [-0.4, -0.2) is 35.1 Å². The van der Waals surface area contributed by atoms with Crippen LogP contribution in [0.3, 0.4) is 0 Å². The average molecular weight is 266 g/mol. The van der Waals surface area contributed by atoms with Gasteiger partial charge in [-0.25, -0.2) is 0 Å². The molecule has 1 fully saturated rings. The maximum atomic E-state index is 12.0. The third-order valence-corrected chi connectivity index (χ3v) is 3.37. The maximum absolute atomic E-state index is 12.0. The van der Waals surface area contributed by atoms with Crippen molar-refractivity contribution in [3.63, 3.8) is 0 Å². The second kappa shape index (κ2) is 6.03. The summed E-state index contributed by atoms with van der Waals surface area (Å²) in [4.78, 5) is 13.7. The van der Waals surface area contributed by atoms with Gasteiger partial charge in [0.25, 0.3) is 0 Å². The largest absolute Gasteiger partial charge is 0.394 e. The third kappa shape index (κ3) is 3.12. The van der Waals surface area contributed by atoms with Crippen molar-refractivity contribution in [2.45, 2.75) is 18.9 Å². The molecule has 1 amide bonds. The second-order valence-corrected chi connectivity index (χ2v) is 4.84. The summed E-state index contributed by atoms with van der Waals surface area (Å²) >= 11 is 5.87. The molecule has 1 aliphatic rings. The summed E-state index contributed by atoms with van der Waals surface area (Å²) in [5.74, 6) is -0.0495. The molecule has 0 spiro atoms. The minimum atomic E-state index is -0.0495. The van der Waals surface area contributed by atoms with Crippen LogP contribution in [0.4, 0.5) is 0 Å². The number of aliphatic hydroxyl groups excluding tert-OH is 1. The van der Waals surface area contributed by atoms with Gasteiger partial charge in [-0.3, -0.25) is 4.79 Å². The van der Waals surface area contributed by atoms with E-state index in [-0.39, 0.29) is 18.6 Å². The van der Waals surface area contributed by atoms with E-state index in [9.17, 15) is 9.90 Å². The lowest BCUT2D eigenvalue weighted by molar-refractivity contribution is -0.127. The Balaban J connectivity index is 2.02. The van der Waals surface area contributed by atoms with E-state index >= 15 is 0 Å². The molecule has 96 valence electrons. The van der Waals surface area contributed by atoms with E-state index in [4.69, 9.17) is 11.6 Å². The Morgan fingerprint density at radius 3 is 3.11 bits per heavy atom. The first-order valence-electron chi connectivity index (χ1n) is 6.06. The Morgan fingerprint density at radius 2 is 2.39 bits per heavy atom. The lowest BCUT2D eigenvalue weighted by atomic mass is 10.2. The van der Waals surface area contributed by atoms with Crippen LogP contribution in [0.1, 0.15) is 18.4 Å². The average Bonchev–Trinajstić information content (AvgIpc) is 2.84. The predicted octanol–water partition coefficient (Wildman–Crippen LogP) is 2.34. The van der Waals surface area contributed by atoms with Gasteiger partial charge in [0, 0.05) is 17.6 Å². The van der Waals surface area contributed by atoms with Crippen LogP contribution in [0.25, 0.3) is 6.08 Å². The van der Waals surface area contributed by atoms with Crippen molar-refractivity contribution in [3.05, 3.63) is 40.9 Å². The van der Waals surface area contributed by atoms with Gasteiger partial charge in [-0.15, -0.1) is 0 Å². The molecule has 2 rings (SSSR count). The highest BCUT2D eigenvalue weighted by Gasteiger charge is 2.26. The first-order chi connectivity index (χ1) is 8.70. The minimum Gasteiger partial charge on any atom is -0.394 e. The summed E-state index contributed by atoms with van der Waals surface area (Å²) in [7, 11) is 0. The van der Waals surface area contributed by atoms with Crippen molar-refractivity contribution in [2.75, 3.05) is 13.2 Å². The van der Waals surface area contributed by atoms with Crippen molar-refractivity contribution in [2.24, 2.45) is 0 Å². The van der Waals surface area contributed by atoms with E-state index in [0.717, 1.165) is 24.9 Å². The van der Waals surface area contributed by atoms with Gasteiger partial charge in [-0.1, -0.05) is 23.7 Å². The zero-order chi connectivity index (χ0) is 13.0. The van der Waals surface area contributed by atoms with Crippen LogP contribution in [-0.2, 0) is 4.79 Å². The normalized spacial score (nSPS) is 19.7. The van der Waals surface area contributed by atoms with Gasteiger partial charge in [0.2, 0.25) is 5.91 Å². The van der Waals surface area contributed by atoms with E-state index in [0.29, 0.717) is 5.02 Å². The summed E-state index contributed by atoms with van der Waals surface area (Å²) in [5, 5.41) is 9.82. The maximum Gasteiger partial charge on any atom is 0.246 e. The number of carbonyl (C=O) groups is 1. The molecule has 0 aliphatic carbocycles. The highest BCUT2D eigenvalue weighted by molar-refractivity contribution is 6.30. The number of benzene rings is 1. The van der Waals surface area contributed by atoms with Gasteiger partial charge >= 0.3 is 0 Å². The van der Waals surface area contributed by atoms with Gasteiger partial charge < -0.3 is 10.0 Å². The Hall–Kier alpha value is -1.32.